The number of carboxylic acids is 1. The summed E-state index contributed by atoms with van der Waals surface area (Å²) in [7, 11) is 0. The van der Waals surface area contributed by atoms with E-state index in [4.69, 9.17) is 5.73 Å². The van der Waals surface area contributed by atoms with Crippen molar-refractivity contribution in [1.82, 2.24) is 25.9 Å². The largest absolute Gasteiger partial charge is 0.508 e. The number of aromatic nitrogens is 2. The molecule has 0 aliphatic carbocycles. The number of carbonyl (C=O) groups excluding carboxylic acids is 3. The number of carbonyl (C=O) groups is 4. The Morgan fingerprint density at radius 3 is 2.03 bits per heavy atom. The molecule has 39 heavy (non-hydrogen) atoms. The van der Waals surface area contributed by atoms with Gasteiger partial charge in [0.05, 0.1) is 12.4 Å². The van der Waals surface area contributed by atoms with Crippen LogP contribution in [0, 0.1) is 0 Å². The zero-order chi connectivity index (χ0) is 28.8. The molecular weight excluding hydrogens is 544 g/mol. The average Bonchev–Trinajstić information content (AvgIpc) is 3.42. The van der Waals surface area contributed by atoms with Gasteiger partial charge < -0.3 is 36.9 Å². The van der Waals surface area contributed by atoms with Gasteiger partial charge in [-0.25, -0.2) is 9.78 Å². The number of nitrogens with one attached hydrogen (secondary N) is 4. The van der Waals surface area contributed by atoms with Crippen molar-refractivity contribution < 1.29 is 29.4 Å². The smallest absolute Gasteiger partial charge is 0.326 e. The van der Waals surface area contributed by atoms with E-state index in [0.717, 1.165) is 5.56 Å². The summed E-state index contributed by atoms with van der Waals surface area (Å²) in [5.41, 5.74) is 7.39. The van der Waals surface area contributed by atoms with Crippen LogP contribution in [0.4, 0.5) is 0 Å². The molecule has 1 aromatic heterocycles. The predicted molar refractivity (Wildman–Crippen MR) is 152 cm³/mol. The number of rotatable bonds is 17. The van der Waals surface area contributed by atoms with E-state index in [2.05, 4.69) is 25.9 Å². The Morgan fingerprint density at radius 1 is 0.897 bits per heavy atom. The Morgan fingerprint density at radius 2 is 1.46 bits per heavy atom. The number of nitrogens with two attached hydrogens (primary N) is 1. The predicted octanol–water partition coefficient (Wildman–Crippen LogP) is 0.273. The second-order valence-corrected chi connectivity index (χ2v) is 10.8. The van der Waals surface area contributed by atoms with Crippen LogP contribution in [-0.2, 0) is 32.0 Å². The molecule has 14 heteroatoms. The Labute approximate surface area is 235 Å². The van der Waals surface area contributed by atoms with Crippen LogP contribution >= 0.6 is 23.5 Å². The van der Waals surface area contributed by atoms with Crippen molar-refractivity contribution in [3.63, 3.8) is 0 Å². The molecule has 0 spiro atoms. The number of phenols is 1. The highest BCUT2D eigenvalue weighted by Gasteiger charge is 2.30. The fourth-order valence-corrected chi connectivity index (χ4v) is 4.57. The van der Waals surface area contributed by atoms with Gasteiger partial charge in [-0.3, -0.25) is 14.4 Å². The number of H-pyrrole nitrogens is 1. The van der Waals surface area contributed by atoms with Gasteiger partial charge in [-0.2, -0.15) is 23.5 Å². The molecule has 0 saturated heterocycles. The molecule has 3 amide bonds. The highest BCUT2D eigenvalue weighted by molar-refractivity contribution is 7.98. The molecule has 12 nitrogen and oxygen atoms in total. The number of hydrogen-bond acceptors (Lipinski definition) is 9. The molecule has 1 heterocycles. The lowest BCUT2D eigenvalue weighted by Crippen LogP contribution is -2.58. The fourth-order valence-electron chi connectivity index (χ4n) is 3.63. The SMILES string of the molecule is CSCCC(NC(=O)C(Cc1cnc[nH]1)NC(=O)C(CCSC)NC(=O)C(N)Cc1ccc(O)cc1)C(=O)O. The van der Waals surface area contributed by atoms with E-state index in [0.29, 0.717) is 17.2 Å². The first-order valence-electron chi connectivity index (χ1n) is 12.3. The van der Waals surface area contributed by atoms with Crippen LogP contribution in [0.15, 0.2) is 36.8 Å². The fraction of sp³-hybridized carbons (Fsp3) is 0.480. The van der Waals surface area contributed by atoms with Gasteiger partial charge in [-0.15, -0.1) is 0 Å². The van der Waals surface area contributed by atoms with Gasteiger partial charge in [0.2, 0.25) is 17.7 Å². The van der Waals surface area contributed by atoms with E-state index < -0.39 is 47.9 Å². The number of amides is 3. The van der Waals surface area contributed by atoms with E-state index in [1.165, 1.54) is 48.2 Å². The molecule has 1 aromatic carbocycles. The quantitative estimate of drug-likeness (QED) is 0.136. The molecule has 0 fully saturated rings. The van der Waals surface area contributed by atoms with Gasteiger partial charge in [0.25, 0.3) is 0 Å². The average molecular weight is 581 g/mol. The number of nitrogens with zero attached hydrogens (tertiary/aromatic N) is 1. The molecule has 0 bridgehead atoms. The maximum atomic E-state index is 13.3. The third kappa shape index (κ3) is 11.2. The Kier molecular flexibility index (Phi) is 13.7. The molecule has 2 aromatic rings. The third-order valence-corrected chi connectivity index (χ3v) is 7.10. The number of aromatic hydroxyl groups is 1. The van der Waals surface area contributed by atoms with Crippen LogP contribution < -0.4 is 21.7 Å². The number of imidazole rings is 1. The minimum Gasteiger partial charge on any atom is -0.508 e. The van der Waals surface area contributed by atoms with Crippen LogP contribution in [0.3, 0.4) is 0 Å². The standard InChI is InChI=1S/C25H36N6O6S2/c1-38-9-7-19(29-22(33)18(26)11-15-3-5-17(32)6-4-15)23(34)31-21(12-16-13-27-14-28-16)24(35)30-20(25(36)37)8-10-39-2/h3-6,13-14,18-21,32H,7-12,26H2,1-2H3,(H,27,28)(H,29,33)(H,30,35)(H,31,34)(H,36,37). The summed E-state index contributed by atoms with van der Waals surface area (Å²) in [6.45, 7) is 0. The number of benzene rings is 1. The maximum absolute atomic E-state index is 13.3. The normalized spacial score (nSPS) is 14.0. The van der Waals surface area contributed by atoms with Crippen molar-refractivity contribution >= 4 is 47.2 Å². The van der Waals surface area contributed by atoms with Crippen LogP contribution in [0.5, 0.6) is 5.75 Å². The van der Waals surface area contributed by atoms with Crippen molar-refractivity contribution in [2.24, 2.45) is 5.73 Å². The number of carboxylic acid groups (broad SMARTS) is 1. The van der Waals surface area contributed by atoms with Gasteiger partial charge in [0.15, 0.2) is 0 Å². The summed E-state index contributed by atoms with van der Waals surface area (Å²) in [6, 6.07) is 2.15. The monoisotopic (exact) mass is 580 g/mol. The molecule has 0 saturated carbocycles. The highest BCUT2D eigenvalue weighted by atomic mass is 32.2. The summed E-state index contributed by atoms with van der Waals surface area (Å²) < 4.78 is 0. The Balaban J connectivity index is 2.14. The maximum Gasteiger partial charge on any atom is 0.326 e. The zero-order valence-electron chi connectivity index (χ0n) is 21.9. The Hall–Kier alpha value is -3.23. The first-order chi connectivity index (χ1) is 18.6. The minimum absolute atomic E-state index is 0.0377. The van der Waals surface area contributed by atoms with E-state index >= 15 is 0 Å². The first kappa shape index (κ1) is 32.0. The lowest BCUT2D eigenvalue weighted by atomic mass is 10.0. The summed E-state index contributed by atoms with van der Waals surface area (Å²) in [6.07, 6.45) is 7.37. The number of aliphatic carboxylic acids is 1. The van der Waals surface area contributed by atoms with Crippen LogP contribution in [0.1, 0.15) is 24.1 Å². The Bertz CT molecular complexity index is 1070. The van der Waals surface area contributed by atoms with Gasteiger partial charge in [-0.1, -0.05) is 12.1 Å². The van der Waals surface area contributed by atoms with Crippen molar-refractivity contribution in [2.75, 3.05) is 24.0 Å². The lowest BCUT2D eigenvalue weighted by molar-refractivity contribution is -0.142. The molecule has 214 valence electrons. The first-order valence-corrected chi connectivity index (χ1v) is 15.1. The van der Waals surface area contributed by atoms with E-state index in [1.54, 1.807) is 12.1 Å². The van der Waals surface area contributed by atoms with Crippen molar-refractivity contribution in [1.29, 1.82) is 0 Å². The molecule has 8 N–H and O–H groups in total. The second-order valence-electron chi connectivity index (χ2n) is 8.84. The summed E-state index contributed by atoms with van der Waals surface area (Å²) >= 11 is 2.95. The minimum atomic E-state index is -1.17. The second kappa shape index (κ2) is 16.7. The summed E-state index contributed by atoms with van der Waals surface area (Å²) in [4.78, 5) is 57.8. The number of aromatic amines is 1. The van der Waals surface area contributed by atoms with E-state index in [9.17, 15) is 29.4 Å². The topological polar surface area (TPSA) is 200 Å². The van der Waals surface area contributed by atoms with Gasteiger partial charge in [0.1, 0.15) is 23.9 Å². The number of hydrogen-bond donors (Lipinski definition) is 7. The zero-order valence-corrected chi connectivity index (χ0v) is 23.5. The van der Waals surface area contributed by atoms with Crippen LogP contribution in [0.2, 0.25) is 0 Å². The molecule has 0 aliphatic heterocycles. The summed E-state index contributed by atoms with van der Waals surface area (Å²) in [5, 5.41) is 26.8. The molecular formula is C25H36N6O6S2. The molecule has 0 radical (unpaired) electrons. The molecule has 4 atom stereocenters. The summed E-state index contributed by atoms with van der Waals surface area (Å²) in [5.74, 6) is -1.78. The number of phenolic OH excluding ortho intramolecular Hbond substituents is 1. The highest BCUT2D eigenvalue weighted by Crippen LogP contribution is 2.11. The van der Waals surface area contributed by atoms with Gasteiger partial charge >= 0.3 is 5.97 Å². The lowest BCUT2D eigenvalue weighted by Gasteiger charge is -2.25. The van der Waals surface area contributed by atoms with Crippen molar-refractivity contribution in [3.8, 4) is 5.75 Å². The van der Waals surface area contributed by atoms with Gasteiger partial charge in [0, 0.05) is 18.3 Å². The van der Waals surface area contributed by atoms with E-state index in [-0.39, 0.29) is 31.4 Å². The molecule has 4 unspecified atom stereocenters. The van der Waals surface area contributed by atoms with Gasteiger partial charge in [-0.05, 0) is 61.0 Å². The molecule has 0 aliphatic rings. The van der Waals surface area contributed by atoms with Crippen LogP contribution in [0.25, 0.3) is 0 Å². The molecule has 2 rings (SSSR count). The van der Waals surface area contributed by atoms with Crippen LogP contribution in [-0.4, -0.2) is 92.1 Å². The van der Waals surface area contributed by atoms with Crippen molar-refractivity contribution in [2.45, 2.75) is 49.9 Å². The van der Waals surface area contributed by atoms with Crippen molar-refractivity contribution in [3.05, 3.63) is 48.0 Å². The number of thioether (sulfide) groups is 2. The van der Waals surface area contributed by atoms with E-state index in [1.807, 2.05) is 12.5 Å². The third-order valence-electron chi connectivity index (χ3n) is 5.81.